The minimum atomic E-state index is -0.407. The Kier molecular flexibility index (Phi) is 3.91. The van der Waals surface area contributed by atoms with E-state index in [0.717, 1.165) is 0 Å². The number of esters is 1. The molecule has 0 heterocycles. The average Bonchev–Trinajstić information content (AvgIpc) is 2.16. The Balaban J connectivity index is 2.47. The van der Waals surface area contributed by atoms with E-state index in [-0.39, 0.29) is 12.4 Å². The third-order valence-electron chi connectivity index (χ3n) is 1.81. The topological polar surface area (TPSA) is 64.3 Å². The standard InChI is InChI=1S/C10H13FN2O2/c1-15-10(14)2-3-13-9-5-7(11)4-8(12)6-9/h4-6,13H,2-3,12H2,1H3. The van der Waals surface area contributed by atoms with Gasteiger partial charge in [0.1, 0.15) is 5.82 Å². The van der Waals surface area contributed by atoms with Crippen LogP contribution in [-0.2, 0) is 9.53 Å². The number of nitrogens with two attached hydrogens (primary N) is 1. The molecule has 0 saturated carbocycles. The zero-order chi connectivity index (χ0) is 11.3. The van der Waals surface area contributed by atoms with Gasteiger partial charge in [-0.15, -0.1) is 0 Å². The van der Waals surface area contributed by atoms with E-state index >= 15 is 0 Å². The lowest BCUT2D eigenvalue weighted by Crippen LogP contribution is -2.09. The van der Waals surface area contributed by atoms with Crippen molar-refractivity contribution in [1.29, 1.82) is 0 Å². The summed E-state index contributed by atoms with van der Waals surface area (Å²) in [5.41, 5.74) is 6.34. The maximum Gasteiger partial charge on any atom is 0.307 e. The molecule has 1 rings (SSSR count). The predicted octanol–water partition coefficient (Wildman–Crippen LogP) is 1.38. The van der Waals surface area contributed by atoms with Crippen LogP contribution in [0.15, 0.2) is 18.2 Å². The Morgan fingerprint density at radius 3 is 2.87 bits per heavy atom. The van der Waals surface area contributed by atoms with E-state index in [0.29, 0.717) is 17.9 Å². The number of anilines is 2. The van der Waals surface area contributed by atoms with Crippen LogP contribution in [0.3, 0.4) is 0 Å². The molecule has 0 amide bonds. The number of methoxy groups -OCH3 is 1. The number of nitrogens with one attached hydrogen (secondary N) is 1. The molecule has 5 heteroatoms. The van der Waals surface area contributed by atoms with Crippen LogP contribution in [0, 0.1) is 5.82 Å². The summed E-state index contributed by atoms with van der Waals surface area (Å²) in [4.78, 5) is 10.8. The van der Waals surface area contributed by atoms with Crippen LogP contribution < -0.4 is 11.1 Å². The minimum absolute atomic E-state index is 0.229. The van der Waals surface area contributed by atoms with E-state index in [4.69, 9.17) is 5.73 Å². The van der Waals surface area contributed by atoms with Crippen molar-refractivity contribution in [3.8, 4) is 0 Å². The maximum atomic E-state index is 12.9. The van der Waals surface area contributed by atoms with E-state index in [2.05, 4.69) is 10.1 Å². The molecule has 0 atom stereocenters. The van der Waals surface area contributed by atoms with Gasteiger partial charge in [-0.25, -0.2) is 4.39 Å². The van der Waals surface area contributed by atoms with Crippen LogP contribution in [-0.4, -0.2) is 19.6 Å². The van der Waals surface area contributed by atoms with Gasteiger partial charge in [-0.05, 0) is 18.2 Å². The Morgan fingerprint density at radius 2 is 2.27 bits per heavy atom. The minimum Gasteiger partial charge on any atom is -0.469 e. The molecule has 0 spiro atoms. The van der Waals surface area contributed by atoms with Crippen molar-refractivity contribution in [1.82, 2.24) is 0 Å². The van der Waals surface area contributed by atoms with Crippen molar-refractivity contribution in [3.63, 3.8) is 0 Å². The van der Waals surface area contributed by atoms with Crippen molar-refractivity contribution in [2.75, 3.05) is 24.7 Å². The number of benzene rings is 1. The fraction of sp³-hybridized carbons (Fsp3) is 0.300. The molecule has 0 fully saturated rings. The summed E-state index contributed by atoms with van der Waals surface area (Å²) in [6.45, 7) is 0.384. The lowest BCUT2D eigenvalue weighted by Gasteiger charge is -2.06. The Hall–Kier alpha value is -1.78. The number of rotatable bonds is 4. The highest BCUT2D eigenvalue weighted by molar-refractivity contribution is 5.70. The van der Waals surface area contributed by atoms with E-state index in [9.17, 15) is 9.18 Å². The van der Waals surface area contributed by atoms with Crippen molar-refractivity contribution in [3.05, 3.63) is 24.0 Å². The second-order valence-electron chi connectivity index (χ2n) is 3.03. The van der Waals surface area contributed by atoms with Crippen LogP contribution in [0.2, 0.25) is 0 Å². The quantitative estimate of drug-likeness (QED) is 0.584. The molecule has 1 aromatic rings. The molecule has 0 aliphatic heterocycles. The van der Waals surface area contributed by atoms with Gasteiger partial charge in [-0.1, -0.05) is 0 Å². The van der Waals surface area contributed by atoms with Gasteiger partial charge in [0.05, 0.1) is 13.5 Å². The van der Waals surface area contributed by atoms with E-state index in [1.54, 1.807) is 6.07 Å². The molecular formula is C10H13FN2O2. The number of hydrogen-bond acceptors (Lipinski definition) is 4. The Morgan fingerprint density at radius 1 is 1.53 bits per heavy atom. The van der Waals surface area contributed by atoms with Gasteiger partial charge < -0.3 is 15.8 Å². The monoisotopic (exact) mass is 212 g/mol. The highest BCUT2D eigenvalue weighted by atomic mass is 19.1. The molecule has 0 aliphatic rings. The highest BCUT2D eigenvalue weighted by Gasteiger charge is 2.01. The SMILES string of the molecule is COC(=O)CCNc1cc(N)cc(F)c1. The zero-order valence-corrected chi connectivity index (χ0v) is 8.42. The number of halogens is 1. The van der Waals surface area contributed by atoms with Crippen LogP contribution in [0.25, 0.3) is 0 Å². The third kappa shape index (κ3) is 3.84. The van der Waals surface area contributed by atoms with Gasteiger partial charge >= 0.3 is 5.97 Å². The molecule has 0 aromatic heterocycles. The lowest BCUT2D eigenvalue weighted by atomic mass is 10.2. The highest BCUT2D eigenvalue weighted by Crippen LogP contribution is 2.15. The molecule has 4 nitrogen and oxygen atoms in total. The third-order valence-corrected chi connectivity index (χ3v) is 1.81. The van der Waals surface area contributed by atoms with Gasteiger partial charge in [-0.2, -0.15) is 0 Å². The Labute approximate surface area is 87.2 Å². The van der Waals surface area contributed by atoms with Crippen LogP contribution in [0.5, 0.6) is 0 Å². The molecule has 0 aliphatic carbocycles. The summed E-state index contributed by atoms with van der Waals surface area (Å²) >= 11 is 0. The molecule has 82 valence electrons. The molecule has 3 N–H and O–H groups in total. The number of hydrogen-bond donors (Lipinski definition) is 2. The molecular weight excluding hydrogens is 199 g/mol. The average molecular weight is 212 g/mol. The molecule has 15 heavy (non-hydrogen) atoms. The summed E-state index contributed by atoms with van der Waals surface area (Å²) < 4.78 is 17.3. The van der Waals surface area contributed by atoms with Gasteiger partial charge in [-0.3, -0.25) is 4.79 Å². The van der Waals surface area contributed by atoms with E-state index in [1.807, 2.05) is 0 Å². The number of carbonyl (C=O) groups excluding carboxylic acids is 1. The van der Waals surface area contributed by atoms with Gasteiger partial charge in [0.2, 0.25) is 0 Å². The van der Waals surface area contributed by atoms with Crippen LogP contribution in [0.4, 0.5) is 15.8 Å². The van der Waals surface area contributed by atoms with Crippen LogP contribution in [0.1, 0.15) is 6.42 Å². The first-order valence-electron chi connectivity index (χ1n) is 4.48. The zero-order valence-electron chi connectivity index (χ0n) is 8.42. The van der Waals surface area contributed by atoms with Crippen molar-refractivity contribution >= 4 is 17.3 Å². The molecule has 0 radical (unpaired) electrons. The van der Waals surface area contributed by atoms with Crippen molar-refractivity contribution in [2.45, 2.75) is 6.42 Å². The van der Waals surface area contributed by atoms with E-state index < -0.39 is 5.82 Å². The van der Waals surface area contributed by atoms with Gasteiger partial charge in [0.25, 0.3) is 0 Å². The van der Waals surface area contributed by atoms with Gasteiger partial charge in [0, 0.05) is 17.9 Å². The van der Waals surface area contributed by atoms with E-state index in [1.165, 1.54) is 19.2 Å². The van der Waals surface area contributed by atoms with Gasteiger partial charge in [0.15, 0.2) is 0 Å². The maximum absolute atomic E-state index is 12.9. The number of nitrogen functional groups attached to an aromatic ring is 1. The first-order valence-corrected chi connectivity index (χ1v) is 4.48. The van der Waals surface area contributed by atoms with Crippen molar-refractivity contribution < 1.29 is 13.9 Å². The van der Waals surface area contributed by atoms with Crippen LogP contribution >= 0.6 is 0 Å². The molecule has 1 aromatic carbocycles. The normalized spacial score (nSPS) is 9.73. The summed E-state index contributed by atoms with van der Waals surface area (Å²) in [7, 11) is 1.32. The second-order valence-corrected chi connectivity index (χ2v) is 3.03. The largest absolute Gasteiger partial charge is 0.469 e. The van der Waals surface area contributed by atoms with Crippen molar-refractivity contribution in [2.24, 2.45) is 0 Å². The fourth-order valence-electron chi connectivity index (χ4n) is 1.13. The predicted molar refractivity (Wildman–Crippen MR) is 55.9 cm³/mol. The summed E-state index contributed by atoms with van der Waals surface area (Å²) in [5, 5.41) is 2.87. The molecule has 0 unspecified atom stereocenters. The number of carbonyl (C=O) groups is 1. The lowest BCUT2D eigenvalue weighted by molar-refractivity contribution is -0.140. The smallest absolute Gasteiger partial charge is 0.307 e. The molecule has 0 saturated heterocycles. The summed E-state index contributed by atoms with van der Waals surface area (Å²) in [6.07, 6.45) is 0.229. The summed E-state index contributed by atoms with van der Waals surface area (Å²) in [6, 6.07) is 4.14. The number of ether oxygens (including phenoxy) is 1. The second kappa shape index (κ2) is 5.19. The first kappa shape index (κ1) is 11.3. The fourth-order valence-corrected chi connectivity index (χ4v) is 1.13. The first-order chi connectivity index (χ1) is 7.11. The Bertz CT molecular complexity index is 335. The summed E-state index contributed by atoms with van der Waals surface area (Å²) in [5.74, 6) is -0.720. The molecule has 0 bridgehead atoms.